The van der Waals surface area contributed by atoms with Crippen molar-refractivity contribution in [2.75, 3.05) is 6.61 Å². The van der Waals surface area contributed by atoms with Crippen LogP contribution in [0.3, 0.4) is 0 Å². The third-order valence-corrected chi connectivity index (χ3v) is 2.47. The maximum Gasteiger partial charge on any atom is 0.332 e. The highest BCUT2D eigenvalue weighted by atomic mass is 16.5. The lowest BCUT2D eigenvalue weighted by molar-refractivity contribution is -0.151. The molecule has 0 saturated heterocycles. The van der Waals surface area contributed by atoms with Crippen LogP contribution in [-0.4, -0.2) is 29.3 Å². The van der Waals surface area contributed by atoms with Crippen LogP contribution in [0.5, 0.6) is 0 Å². The van der Waals surface area contributed by atoms with Crippen molar-refractivity contribution < 1.29 is 14.6 Å². The van der Waals surface area contributed by atoms with Gasteiger partial charge in [0.05, 0.1) is 6.61 Å². The molecule has 1 aromatic carbocycles. The maximum absolute atomic E-state index is 11.1. The summed E-state index contributed by atoms with van der Waals surface area (Å²) in [6.45, 7) is 3.85. The minimum absolute atomic E-state index is 0.235. The predicted octanol–water partition coefficient (Wildman–Crippen LogP) is 1.83. The highest BCUT2D eigenvalue weighted by molar-refractivity contribution is 5.72. The molecule has 1 atom stereocenters. The first kappa shape index (κ1) is 14.7. The molecule has 0 fully saturated rings. The Morgan fingerprint density at radius 1 is 1.39 bits per heavy atom. The minimum atomic E-state index is -0.935. The van der Waals surface area contributed by atoms with Gasteiger partial charge in [-0.25, -0.2) is 4.79 Å². The predicted molar refractivity (Wildman–Crippen MR) is 70.4 cm³/mol. The second kappa shape index (κ2) is 6.52. The summed E-state index contributed by atoms with van der Waals surface area (Å²) in [5.41, 5.74) is 6.37. The van der Waals surface area contributed by atoms with E-state index in [1.54, 1.807) is 0 Å². The average molecular weight is 251 g/mol. The number of carbonyl (C=O) groups is 1. The fraction of sp³-hybridized carbons (Fsp3) is 0.500. The van der Waals surface area contributed by atoms with Crippen molar-refractivity contribution in [3.8, 4) is 0 Å². The summed E-state index contributed by atoms with van der Waals surface area (Å²) in [5.74, 6) is -0.935. The van der Waals surface area contributed by atoms with E-state index in [2.05, 4.69) is 0 Å². The number of ether oxygens (including phenoxy) is 1. The van der Waals surface area contributed by atoms with Crippen LogP contribution in [0.1, 0.15) is 25.8 Å². The van der Waals surface area contributed by atoms with Crippen LogP contribution >= 0.6 is 0 Å². The van der Waals surface area contributed by atoms with E-state index in [1.165, 1.54) is 0 Å². The molecule has 4 nitrogen and oxygen atoms in total. The van der Waals surface area contributed by atoms with Gasteiger partial charge in [0, 0.05) is 5.54 Å². The van der Waals surface area contributed by atoms with Crippen molar-refractivity contribution in [1.29, 1.82) is 0 Å². The lowest BCUT2D eigenvalue weighted by Gasteiger charge is -2.21. The van der Waals surface area contributed by atoms with Crippen LogP contribution in [0.2, 0.25) is 0 Å². The van der Waals surface area contributed by atoms with Gasteiger partial charge in [0.15, 0.2) is 6.10 Å². The molecule has 0 aliphatic rings. The van der Waals surface area contributed by atoms with Crippen LogP contribution in [0.15, 0.2) is 30.3 Å². The van der Waals surface area contributed by atoms with E-state index in [0.29, 0.717) is 12.8 Å². The third-order valence-electron chi connectivity index (χ3n) is 2.47. The number of benzene rings is 1. The lowest BCUT2D eigenvalue weighted by Crippen LogP contribution is -2.40. The Kier molecular flexibility index (Phi) is 5.31. The first-order chi connectivity index (χ1) is 8.38. The van der Waals surface area contributed by atoms with Gasteiger partial charge in [-0.1, -0.05) is 30.3 Å². The quantitative estimate of drug-likeness (QED) is 0.775. The van der Waals surface area contributed by atoms with Crippen LogP contribution in [0.4, 0.5) is 0 Å². The Bertz CT molecular complexity index is 370. The Morgan fingerprint density at radius 2 is 2.00 bits per heavy atom. The van der Waals surface area contributed by atoms with Crippen molar-refractivity contribution in [1.82, 2.24) is 0 Å². The summed E-state index contributed by atoms with van der Waals surface area (Å²) in [7, 11) is 0. The number of aryl methyl sites for hydroxylation is 1. The topological polar surface area (TPSA) is 72.5 Å². The number of hydrogen-bond donors (Lipinski definition) is 2. The fourth-order valence-electron chi connectivity index (χ4n) is 1.54. The highest BCUT2D eigenvalue weighted by Gasteiger charge is 2.21. The Morgan fingerprint density at radius 3 is 2.50 bits per heavy atom. The normalized spacial score (nSPS) is 13.3. The van der Waals surface area contributed by atoms with Gasteiger partial charge in [0.2, 0.25) is 0 Å². The van der Waals surface area contributed by atoms with E-state index in [4.69, 9.17) is 15.6 Å². The second-order valence-corrected chi connectivity index (χ2v) is 5.15. The average Bonchev–Trinajstić information content (AvgIpc) is 2.28. The smallest absolute Gasteiger partial charge is 0.332 e. The molecule has 0 aromatic heterocycles. The highest BCUT2D eigenvalue weighted by Crippen LogP contribution is 2.10. The molecule has 0 bridgehead atoms. The molecule has 1 rings (SSSR count). The molecular weight excluding hydrogens is 230 g/mol. The maximum atomic E-state index is 11.1. The Hall–Kier alpha value is -1.39. The van der Waals surface area contributed by atoms with Crippen molar-refractivity contribution in [3.63, 3.8) is 0 Å². The second-order valence-electron chi connectivity index (χ2n) is 5.15. The van der Waals surface area contributed by atoms with E-state index in [-0.39, 0.29) is 6.61 Å². The first-order valence-corrected chi connectivity index (χ1v) is 6.06. The molecular formula is C14H21NO3. The Labute approximate surface area is 108 Å². The van der Waals surface area contributed by atoms with E-state index >= 15 is 0 Å². The molecule has 1 unspecified atom stereocenters. The van der Waals surface area contributed by atoms with Gasteiger partial charge in [-0.2, -0.15) is 0 Å². The van der Waals surface area contributed by atoms with Crippen molar-refractivity contribution >= 4 is 5.97 Å². The molecule has 1 aromatic rings. The van der Waals surface area contributed by atoms with Crippen molar-refractivity contribution in [2.24, 2.45) is 5.73 Å². The third kappa shape index (κ3) is 5.80. The molecule has 4 heteroatoms. The Balaban J connectivity index is 2.46. The monoisotopic (exact) mass is 251 g/mol. The molecule has 0 spiro atoms. The summed E-state index contributed by atoms with van der Waals surface area (Å²) in [6, 6.07) is 9.77. The lowest BCUT2D eigenvalue weighted by atomic mass is 10.1. The SMILES string of the molecule is CC(C)(N)COC(CCc1ccccc1)C(=O)O. The largest absolute Gasteiger partial charge is 0.479 e. The first-order valence-electron chi connectivity index (χ1n) is 6.06. The van der Waals surface area contributed by atoms with E-state index < -0.39 is 17.6 Å². The number of carboxylic acid groups (broad SMARTS) is 1. The van der Waals surface area contributed by atoms with E-state index in [0.717, 1.165) is 5.56 Å². The zero-order valence-corrected chi connectivity index (χ0v) is 10.9. The number of hydrogen-bond acceptors (Lipinski definition) is 3. The number of nitrogens with two attached hydrogens (primary N) is 1. The molecule has 3 N–H and O–H groups in total. The molecule has 0 heterocycles. The van der Waals surface area contributed by atoms with Crippen LogP contribution in [0, 0.1) is 0 Å². The van der Waals surface area contributed by atoms with Crippen molar-refractivity contribution in [3.05, 3.63) is 35.9 Å². The van der Waals surface area contributed by atoms with Crippen molar-refractivity contribution in [2.45, 2.75) is 38.3 Å². The zero-order valence-electron chi connectivity index (χ0n) is 10.9. The molecule has 0 aliphatic heterocycles. The summed E-state index contributed by atoms with van der Waals surface area (Å²) >= 11 is 0. The van der Waals surface area contributed by atoms with Gasteiger partial charge in [-0.15, -0.1) is 0 Å². The molecule has 100 valence electrons. The summed E-state index contributed by atoms with van der Waals surface area (Å²) < 4.78 is 5.37. The summed E-state index contributed by atoms with van der Waals surface area (Å²) in [6.07, 6.45) is 0.339. The van der Waals surface area contributed by atoms with Gasteiger partial charge in [0.25, 0.3) is 0 Å². The van der Waals surface area contributed by atoms with Crippen LogP contribution < -0.4 is 5.73 Å². The van der Waals surface area contributed by atoms with Gasteiger partial charge in [0.1, 0.15) is 0 Å². The van der Waals surface area contributed by atoms with Crippen LogP contribution in [-0.2, 0) is 16.0 Å². The van der Waals surface area contributed by atoms with Gasteiger partial charge < -0.3 is 15.6 Å². The summed E-state index contributed by atoms with van der Waals surface area (Å²) in [4.78, 5) is 11.1. The van der Waals surface area contributed by atoms with E-state index in [1.807, 2.05) is 44.2 Å². The van der Waals surface area contributed by atoms with E-state index in [9.17, 15) is 4.79 Å². The molecule has 0 amide bonds. The molecule has 0 aliphatic carbocycles. The minimum Gasteiger partial charge on any atom is -0.479 e. The van der Waals surface area contributed by atoms with Gasteiger partial charge in [-0.3, -0.25) is 0 Å². The van der Waals surface area contributed by atoms with Crippen LogP contribution in [0.25, 0.3) is 0 Å². The molecule has 18 heavy (non-hydrogen) atoms. The zero-order chi connectivity index (χ0) is 13.6. The fourth-order valence-corrected chi connectivity index (χ4v) is 1.54. The number of rotatable bonds is 7. The molecule has 0 saturated carbocycles. The number of aliphatic carboxylic acids is 1. The van der Waals surface area contributed by atoms with Gasteiger partial charge in [-0.05, 0) is 32.3 Å². The standard InChI is InChI=1S/C14H21NO3/c1-14(2,15)10-18-12(13(16)17)9-8-11-6-4-3-5-7-11/h3-7,12H,8-10,15H2,1-2H3,(H,16,17). The number of carboxylic acids is 1. The van der Waals surface area contributed by atoms with Gasteiger partial charge >= 0.3 is 5.97 Å². The molecule has 0 radical (unpaired) electrons. The summed E-state index contributed by atoms with van der Waals surface area (Å²) in [5, 5.41) is 9.08.